The molecule has 0 saturated heterocycles. The van der Waals surface area contributed by atoms with Gasteiger partial charge in [-0.05, 0) is 24.1 Å². The van der Waals surface area contributed by atoms with Crippen molar-refractivity contribution in [1.29, 1.82) is 0 Å². The molecule has 0 fully saturated rings. The van der Waals surface area contributed by atoms with Crippen molar-refractivity contribution in [3.05, 3.63) is 57.4 Å². The van der Waals surface area contributed by atoms with E-state index in [-0.39, 0.29) is 6.73 Å². The molecule has 0 bridgehead atoms. The van der Waals surface area contributed by atoms with Gasteiger partial charge in [-0.2, -0.15) is 0 Å². The van der Waals surface area contributed by atoms with Crippen LogP contribution in [0.5, 0.6) is 17.2 Å². The molecule has 0 amide bonds. The number of fused-ring (bicyclic) bond motifs is 3. The number of nitrogens with zero attached hydrogens (tertiary/aromatic N) is 1. The lowest BCUT2D eigenvalue weighted by molar-refractivity contribution is 0.0600. The number of carbonyl (C=O) groups is 1. The van der Waals surface area contributed by atoms with Crippen LogP contribution >= 0.6 is 0 Å². The van der Waals surface area contributed by atoms with Gasteiger partial charge in [0.2, 0.25) is 0 Å². The Morgan fingerprint density at radius 3 is 2.53 bits per heavy atom. The summed E-state index contributed by atoms with van der Waals surface area (Å²) in [5.41, 5.74) is 2.67. The summed E-state index contributed by atoms with van der Waals surface area (Å²) >= 11 is 0. The van der Waals surface area contributed by atoms with Crippen molar-refractivity contribution < 1.29 is 28.2 Å². The highest BCUT2D eigenvalue weighted by Crippen LogP contribution is 2.40. The Morgan fingerprint density at radius 2 is 1.84 bits per heavy atom. The van der Waals surface area contributed by atoms with Gasteiger partial charge >= 0.3 is 11.6 Å². The van der Waals surface area contributed by atoms with E-state index < -0.39 is 11.6 Å². The quantitative estimate of drug-likeness (QED) is 0.422. The summed E-state index contributed by atoms with van der Waals surface area (Å²) in [4.78, 5) is 26.6. The van der Waals surface area contributed by atoms with Crippen molar-refractivity contribution in [2.24, 2.45) is 0 Å². The molecule has 1 aliphatic heterocycles. The summed E-state index contributed by atoms with van der Waals surface area (Å²) in [6, 6.07) is 8.66. The zero-order valence-electron chi connectivity index (χ0n) is 18.5. The number of rotatable bonds is 6. The van der Waals surface area contributed by atoms with Crippen molar-refractivity contribution in [1.82, 2.24) is 0 Å². The molecule has 0 radical (unpaired) electrons. The number of hydrogen-bond acceptors (Lipinski definition) is 8. The third-order valence-electron chi connectivity index (χ3n) is 5.55. The van der Waals surface area contributed by atoms with Crippen LogP contribution in [0.15, 0.2) is 39.5 Å². The van der Waals surface area contributed by atoms with Gasteiger partial charge in [-0.25, -0.2) is 9.59 Å². The van der Waals surface area contributed by atoms with Gasteiger partial charge < -0.3 is 28.3 Å². The van der Waals surface area contributed by atoms with Crippen molar-refractivity contribution in [3.8, 4) is 17.2 Å². The average molecular weight is 439 g/mol. The SMILES string of the molecule is CCCc1cc(=O)oc2c3c(ccc12)OCN(c1cc(OC)c(OC)cc1C(=O)OC)C3. The van der Waals surface area contributed by atoms with Gasteiger partial charge in [0.15, 0.2) is 18.2 Å². The van der Waals surface area contributed by atoms with E-state index in [0.717, 1.165) is 29.4 Å². The fourth-order valence-electron chi connectivity index (χ4n) is 4.03. The first kappa shape index (κ1) is 21.5. The third-order valence-corrected chi connectivity index (χ3v) is 5.55. The number of esters is 1. The highest BCUT2D eigenvalue weighted by molar-refractivity contribution is 5.97. The second-order valence-corrected chi connectivity index (χ2v) is 7.45. The van der Waals surface area contributed by atoms with E-state index in [9.17, 15) is 9.59 Å². The first-order chi connectivity index (χ1) is 15.5. The molecule has 3 aromatic rings. The first-order valence-corrected chi connectivity index (χ1v) is 10.3. The van der Waals surface area contributed by atoms with Crippen LogP contribution < -0.4 is 24.7 Å². The molecule has 8 nitrogen and oxygen atoms in total. The van der Waals surface area contributed by atoms with Crippen molar-refractivity contribution in [2.75, 3.05) is 33.0 Å². The molecule has 0 unspecified atom stereocenters. The molecule has 0 spiro atoms. The molecular formula is C24H25NO7. The maximum Gasteiger partial charge on any atom is 0.340 e. The maximum absolute atomic E-state index is 12.5. The molecule has 8 heteroatoms. The van der Waals surface area contributed by atoms with Crippen LogP contribution in [0.25, 0.3) is 11.0 Å². The van der Waals surface area contributed by atoms with Crippen LogP contribution in [-0.4, -0.2) is 34.0 Å². The summed E-state index contributed by atoms with van der Waals surface area (Å²) < 4.78 is 27.3. The Labute approximate surface area is 185 Å². The van der Waals surface area contributed by atoms with Crippen molar-refractivity contribution in [3.63, 3.8) is 0 Å². The topological polar surface area (TPSA) is 87.4 Å². The first-order valence-electron chi connectivity index (χ1n) is 10.3. The Kier molecular flexibility index (Phi) is 5.94. The van der Waals surface area contributed by atoms with Gasteiger partial charge in [-0.15, -0.1) is 0 Å². The number of benzene rings is 2. The Balaban J connectivity index is 1.85. The molecule has 0 N–H and O–H groups in total. The van der Waals surface area contributed by atoms with Gasteiger partial charge in [0.1, 0.15) is 11.3 Å². The monoisotopic (exact) mass is 439 g/mol. The highest BCUT2D eigenvalue weighted by Gasteiger charge is 2.27. The predicted octanol–water partition coefficient (Wildman–Crippen LogP) is 3.91. The number of aryl methyl sites for hydroxylation is 1. The van der Waals surface area contributed by atoms with Crippen LogP contribution in [0.2, 0.25) is 0 Å². The third kappa shape index (κ3) is 3.72. The van der Waals surface area contributed by atoms with Gasteiger partial charge in [0, 0.05) is 23.6 Å². The molecule has 0 aliphatic carbocycles. The Morgan fingerprint density at radius 1 is 1.09 bits per heavy atom. The smallest absolute Gasteiger partial charge is 0.340 e. The zero-order chi connectivity index (χ0) is 22.8. The van der Waals surface area contributed by atoms with Gasteiger partial charge in [0.05, 0.1) is 44.7 Å². The number of carbonyl (C=O) groups excluding carboxylic acids is 1. The maximum atomic E-state index is 12.5. The summed E-state index contributed by atoms with van der Waals surface area (Å²) in [7, 11) is 4.35. The van der Waals surface area contributed by atoms with E-state index in [4.69, 9.17) is 23.4 Å². The van der Waals surface area contributed by atoms with Gasteiger partial charge in [-0.3, -0.25) is 0 Å². The minimum atomic E-state index is -0.513. The van der Waals surface area contributed by atoms with E-state index in [1.54, 1.807) is 18.2 Å². The standard InChI is InChI=1S/C24H25NO7/c1-5-6-14-9-22(26)32-23-15(14)7-8-19-17(23)12-25(13-31-19)18-11-21(29-3)20(28-2)10-16(18)24(27)30-4/h7-11H,5-6,12-13H2,1-4H3. The number of methoxy groups -OCH3 is 3. The van der Waals surface area contributed by atoms with E-state index in [0.29, 0.717) is 40.6 Å². The molecule has 2 aromatic carbocycles. The van der Waals surface area contributed by atoms with Crippen LogP contribution in [0.3, 0.4) is 0 Å². The lowest BCUT2D eigenvalue weighted by Crippen LogP contribution is -2.33. The fourth-order valence-corrected chi connectivity index (χ4v) is 4.03. The van der Waals surface area contributed by atoms with E-state index >= 15 is 0 Å². The number of ether oxygens (including phenoxy) is 4. The fraction of sp³-hybridized carbons (Fsp3) is 0.333. The van der Waals surface area contributed by atoms with Crippen molar-refractivity contribution >= 4 is 22.6 Å². The van der Waals surface area contributed by atoms with Crippen LogP contribution in [-0.2, 0) is 17.7 Å². The minimum absolute atomic E-state index is 0.191. The molecule has 168 valence electrons. The van der Waals surface area contributed by atoms with Crippen LogP contribution in [0, 0.1) is 0 Å². The molecule has 2 heterocycles. The second-order valence-electron chi connectivity index (χ2n) is 7.45. The van der Waals surface area contributed by atoms with E-state index in [2.05, 4.69) is 6.92 Å². The van der Waals surface area contributed by atoms with E-state index in [1.807, 2.05) is 17.0 Å². The summed E-state index contributed by atoms with van der Waals surface area (Å²) in [5.74, 6) is 1.01. The average Bonchev–Trinajstić information content (AvgIpc) is 2.82. The van der Waals surface area contributed by atoms with Gasteiger partial charge in [0.25, 0.3) is 0 Å². The predicted molar refractivity (Wildman–Crippen MR) is 119 cm³/mol. The summed E-state index contributed by atoms with van der Waals surface area (Å²) in [5, 5.41) is 0.885. The normalized spacial score (nSPS) is 12.8. The molecule has 0 atom stereocenters. The Hall–Kier alpha value is -3.68. The molecule has 4 rings (SSSR count). The molecule has 32 heavy (non-hydrogen) atoms. The van der Waals surface area contributed by atoms with Crippen LogP contribution in [0.4, 0.5) is 5.69 Å². The van der Waals surface area contributed by atoms with Gasteiger partial charge in [-0.1, -0.05) is 13.3 Å². The summed E-state index contributed by atoms with van der Waals surface area (Å²) in [6.45, 7) is 2.62. The molecule has 0 saturated carbocycles. The lowest BCUT2D eigenvalue weighted by atomic mass is 10.0. The molecule has 1 aromatic heterocycles. The number of hydrogen-bond donors (Lipinski definition) is 0. The summed E-state index contributed by atoms with van der Waals surface area (Å²) in [6.07, 6.45) is 1.68. The Bertz CT molecular complexity index is 1230. The molecular weight excluding hydrogens is 414 g/mol. The largest absolute Gasteiger partial charge is 0.493 e. The second kappa shape index (κ2) is 8.82. The van der Waals surface area contributed by atoms with E-state index in [1.165, 1.54) is 21.3 Å². The number of anilines is 1. The van der Waals surface area contributed by atoms with Crippen molar-refractivity contribution in [2.45, 2.75) is 26.3 Å². The minimum Gasteiger partial charge on any atom is -0.493 e. The van der Waals surface area contributed by atoms with Crippen LogP contribution in [0.1, 0.15) is 34.8 Å². The zero-order valence-corrected chi connectivity index (χ0v) is 18.5. The molecule has 1 aliphatic rings. The lowest BCUT2D eigenvalue weighted by Gasteiger charge is -2.32. The highest BCUT2D eigenvalue weighted by atomic mass is 16.5.